The van der Waals surface area contributed by atoms with Gasteiger partial charge in [0.2, 0.25) is 0 Å². The Morgan fingerprint density at radius 2 is 2.00 bits per heavy atom. The molecule has 1 rings (SSSR count). The summed E-state index contributed by atoms with van der Waals surface area (Å²) in [4.78, 5) is 1.26. The van der Waals surface area contributed by atoms with Crippen LogP contribution in [0.2, 0.25) is 0 Å². The Balaban J connectivity index is 2.34. The molecule has 5 heteroatoms. The normalized spacial score (nSPS) is 12.5. The fourth-order valence-electron chi connectivity index (χ4n) is 1.74. The molecule has 0 heterocycles. The molecule has 0 unspecified atom stereocenters. The molecule has 0 bridgehead atoms. The van der Waals surface area contributed by atoms with Crippen LogP contribution in [0.3, 0.4) is 0 Å². The first-order valence-corrected chi connectivity index (χ1v) is 7.58. The molecule has 0 spiro atoms. The highest BCUT2D eigenvalue weighted by molar-refractivity contribution is 7.98. The quantitative estimate of drug-likeness (QED) is 0.179. The van der Waals surface area contributed by atoms with Crippen molar-refractivity contribution in [1.29, 1.82) is 0 Å². The molecule has 0 fully saturated rings. The van der Waals surface area contributed by atoms with E-state index >= 15 is 0 Å². The number of hydrogen-bond acceptors (Lipinski definition) is 4. The van der Waals surface area contributed by atoms with Crippen LogP contribution >= 0.6 is 11.8 Å². The molecule has 1 aromatic rings. The van der Waals surface area contributed by atoms with E-state index in [2.05, 4.69) is 41.0 Å². The van der Waals surface area contributed by atoms with Crippen molar-refractivity contribution in [2.24, 2.45) is 16.3 Å². The average molecular weight is 281 g/mol. The van der Waals surface area contributed by atoms with Gasteiger partial charge in [-0.2, -0.15) is 0 Å². The largest absolute Gasteiger partial charge is 0.409 e. The van der Waals surface area contributed by atoms with Gasteiger partial charge in [0, 0.05) is 22.5 Å². The lowest BCUT2D eigenvalue weighted by molar-refractivity contribution is 0.305. The Morgan fingerprint density at radius 1 is 1.37 bits per heavy atom. The highest BCUT2D eigenvalue weighted by Crippen LogP contribution is 2.22. The Labute approximate surface area is 119 Å². The number of nitrogens with one attached hydrogen (secondary N) is 1. The molecular weight excluding hydrogens is 258 g/mol. The minimum absolute atomic E-state index is 0.265. The van der Waals surface area contributed by atoms with E-state index in [-0.39, 0.29) is 11.3 Å². The second-order valence-corrected chi connectivity index (χ2v) is 6.01. The lowest BCUT2D eigenvalue weighted by Crippen LogP contribution is -2.32. The van der Waals surface area contributed by atoms with Gasteiger partial charge in [-0.3, -0.25) is 0 Å². The lowest BCUT2D eigenvalue weighted by atomic mass is 9.86. The van der Waals surface area contributed by atoms with E-state index in [1.807, 2.05) is 13.8 Å². The third-order valence-electron chi connectivity index (χ3n) is 3.20. The number of nitrogens with two attached hydrogens (primary N) is 1. The van der Waals surface area contributed by atoms with Crippen molar-refractivity contribution in [2.75, 3.05) is 18.1 Å². The fraction of sp³-hybridized carbons (Fsp3) is 0.500. The molecule has 4 N–H and O–H groups in total. The number of thioether (sulfide) groups is 1. The molecule has 0 aromatic heterocycles. The number of nitrogens with zero attached hydrogens (tertiary/aromatic N) is 1. The first kappa shape index (κ1) is 15.7. The van der Waals surface area contributed by atoms with E-state index in [4.69, 9.17) is 10.9 Å². The highest BCUT2D eigenvalue weighted by atomic mass is 32.2. The molecule has 106 valence electrons. The zero-order valence-electron chi connectivity index (χ0n) is 11.8. The van der Waals surface area contributed by atoms with E-state index in [1.54, 1.807) is 11.8 Å². The molecular formula is C14H23N3OS. The first-order chi connectivity index (χ1) is 8.99. The van der Waals surface area contributed by atoms with Gasteiger partial charge in [0.05, 0.1) is 0 Å². The SMILES string of the molecule is CSc1ccc(NCCCC(C)(C)C(N)=NO)cc1. The van der Waals surface area contributed by atoms with Crippen LogP contribution in [0.1, 0.15) is 26.7 Å². The van der Waals surface area contributed by atoms with Crippen molar-refractivity contribution in [3.05, 3.63) is 24.3 Å². The second kappa shape index (κ2) is 7.28. The maximum Gasteiger partial charge on any atom is 0.144 e. The molecule has 4 nitrogen and oxygen atoms in total. The molecule has 1 aromatic carbocycles. The Morgan fingerprint density at radius 3 is 2.53 bits per heavy atom. The predicted octanol–water partition coefficient (Wildman–Crippen LogP) is 3.37. The van der Waals surface area contributed by atoms with Gasteiger partial charge in [-0.1, -0.05) is 19.0 Å². The van der Waals surface area contributed by atoms with Gasteiger partial charge in [-0.05, 0) is 43.4 Å². The van der Waals surface area contributed by atoms with Gasteiger partial charge in [0.15, 0.2) is 0 Å². The summed E-state index contributed by atoms with van der Waals surface area (Å²) in [6, 6.07) is 8.38. The molecule has 0 amide bonds. The van der Waals surface area contributed by atoms with E-state index in [0.29, 0.717) is 0 Å². The van der Waals surface area contributed by atoms with Crippen molar-refractivity contribution in [1.82, 2.24) is 0 Å². The Kier molecular flexibility index (Phi) is 6.02. The van der Waals surface area contributed by atoms with Crippen LogP contribution in [-0.2, 0) is 0 Å². The summed E-state index contributed by atoms with van der Waals surface area (Å²) in [7, 11) is 0. The summed E-state index contributed by atoms with van der Waals surface area (Å²) >= 11 is 1.74. The van der Waals surface area contributed by atoms with Crippen LogP contribution in [0.4, 0.5) is 5.69 Å². The monoisotopic (exact) mass is 281 g/mol. The topological polar surface area (TPSA) is 70.6 Å². The molecule has 0 radical (unpaired) electrons. The fourth-order valence-corrected chi connectivity index (χ4v) is 2.14. The van der Waals surface area contributed by atoms with Gasteiger partial charge < -0.3 is 16.3 Å². The van der Waals surface area contributed by atoms with Crippen LogP contribution in [-0.4, -0.2) is 23.8 Å². The molecule has 0 saturated carbocycles. The van der Waals surface area contributed by atoms with Gasteiger partial charge in [-0.25, -0.2) is 0 Å². The minimum Gasteiger partial charge on any atom is -0.409 e. The van der Waals surface area contributed by atoms with Crippen molar-refractivity contribution < 1.29 is 5.21 Å². The van der Waals surface area contributed by atoms with Crippen molar-refractivity contribution in [3.8, 4) is 0 Å². The zero-order chi connectivity index (χ0) is 14.3. The second-order valence-electron chi connectivity index (χ2n) is 5.13. The molecule has 0 atom stereocenters. The highest BCUT2D eigenvalue weighted by Gasteiger charge is 2.22. The molecule has 0 saturated heterocycles. The Bertz CT molecular complexity index is 415. The predicted molar refractivity (Wildman–Crippen MR) is 83.1 cm³/mol. The van der Waals surface area contributed by atoms with E-state index in [1.165, 1.54) is 4.90 Å². The summed E-state index contributed by atoms with van der Waals surface area (Å²) in [5.41, 5.74) is 6.51. The number of rotatable bonds is 7. The van der Waals surface area contributed by atoms with Crippen LogP contribution in [0.15, 0.2) is 34.3 Å². The summed E-state index contributed by atoms with van der Waals surface area (Å²) in [6.45, 7) is 4.84. The molecule has 19 heavy (non-hydrogen) atoms. The standard InChI is InChI=1S/C14H23N3OS/c1-14(2,13(15)17-18)9-4-10-16-11-5-7-12(19-3)8-6-11/h5-8,16,18H,4,9-10H2,1-3H3,(H2,15,17). The molecule has 0 aliphatic carbocycles. The van der Waals surface area contributed by atoms with Crippen LogP contribution < -0.4 is 11.1 Å². The maximum atomic E-state index is 8.70. The van der Waals surface area contributed by atoms with E-state index in [9.17, 15) is 0 Å². The number of oxime groups is 1. The third-order valence-corrected chi connectivity index (χ3v) is 3.94. The van der Waals surface area contributed by atoms with Gasteiger partial charge in [-0.15, -0.1) is 11.8 Å². The average Bonchev–Trinajstić information content (AvgIpc) is 2.43. The van der Waals surface area contributed by atoms with E-state index < -0.39 is 0 Å². The Hall–Kier alpha value is -1.36. The molecule has 0 aliphatic heterocycles. The summed E-state index contributed by atoms with van der Waals surface area (Å²) < 4.78 is 0. The number of amidine groups is 1. The van der Waals surface area contributed by atoms with Crippen LogP contribution in [0.5, 0.6) is 0 Å². The van der Waals surface area contributed by atoms with Crippen molar-refractivity contribution in [2.45, 2.75) is 31.6 Å². The summed E-state index contributed by atoms with van der Waals surface area (Å²) in [5, 5.41) is 15.2. The van der Waals surface area contributed by atoms with Crippen LogP contribution in [0.25, 0.3) is 0 Å². The minimum atomic E-state index is -0.265. The smallest absolute Gasteiger partial charge is 0.144 e. The zero-order valence-corrected chi connectivity index (χ0v) is 12.6. The molecule has 0 aliphatic rings. The summed E-state index contributed by atoms with van der Waals surface area (Å²) in [6.07, 6.45) is 3.91. The van der Waals surface area contributed by atoms with Gasteiger partial charge in [0.25, 0.3) is 0 Å². The van der Waals surface area contributed by atoms with Gasteiger partial charge in [0.1, 0.15) is 5.84 Å². The van der Waals surface area contributed by atoms with Crippen molar-refractivity contribution >= 4 is 23.3 Å². The summed E-state index contributed by atoms with van der Waals surface area (Å²) in [5.74, 6) is 0.289. The first-order valence-electron chi connectivity index (χ1n) is 6.35. The number of benzene rings is 1. The maximum absolute atomic E-state index is 8.70. The lowest BCUT2D eigenvalue weighted by Gasteiger charge is -2.22. The van der Waals surface area contributed by atoms with E-state index in [0.717, 1.165) is 25.1 Å². The number of anilines is 1. The van der Waals surface area contributed by atoms with Crippen molar-refractivity contribution in [3.63, 3.8) is 0 Å². The third kappa shape index (κ3) is 5.03. The van der Waals surface area contributed by atoms with Crippen LogP contribution in [0, 0.1) is 5.41 Å². The number of hydrogen-bond donors (Lipinski definition) is 3. The van der Waals surface area contributed by atoms with Gasteiger partial charge >= 0.3 is 0 Å².